The van der Waals surface area contributed by atoms with Gasteiger partial charge in [0.15, 0.2) is 12.2 Å². The number of anilines is 1. The minimum absolute atomic E-state index is 0.593. The Balaban J connectivity index is 2.66. The molecule has 4 nitrogen and oxygen atoms in total. The van der Waals surface area contributed by atoms with Gasteiger partial charge in [-0.15, -0.1) is 6.58 Å². The highest BCUT2D eigenvalue weighted by Gasteiger charge is 2.19. The number of carbonyl (C=O) groups excluding carboxylic acids is 1. The molecule has 0 spiro atoms. The monoisotopic (exact) mass is 270 g/mol. The van der Waals surface area contributed by atoms with E-state index in [4.69, 9.17) is 4.74 Å². The van der Waals surface area contributed by atoms with Gasteiger partial charge in [0, 0.05) is 19.7 Å². The average Bonchev–Trinajstić information content (AvgIpc) is 2.87. The molecule has 0 fully saturated rings. The van der Waals surface area contributed by atoms with Crippen LogP contribution in [0.2, 0.25) is 0 Å². The van der Waals surface area contributed by atoms with Crippen LogP contribution >= 0.6 is 0 Å². The summed E-state index contributed by atoms with van der Waals surface area (Å²) in [6, 6.07) is 11.5. The number of benzene rings is 1. The summed E-state index contributed by atoms with van der Waals surface area (Å²) in [6.07, 6.45) is 2.64. The van der Waals surface area contributed by atoms with Gasteiger partial charge in [0.1, 0.15) is 5.82 Å². The molecule has 0 saturated carbocycles. The molecule has 0 N–H and O–H groups in total. The molecule has 0 bridgehead atoms. The van der Waals surface area contributed by atoms with Gasteiger partial charge in [-0.1, -0.05) is 24.3 Å². The van der Waals surface area contributed by atoms with E-state index in [-0.39, 0.29) is 0 Å². The number of aldehydes is 1. The number of hydrogen-bond acceptors (Lipinski definition) is 3. The van der Waals surface area contributed by atoms with E-state index < -0.39 is 0 Å². The van der Waals surface area contributed by atoms with Crippen LogP contribution in [0.1, 0.15) is 10.4 Å². The number of rotatable bonds is 6. The van der Waals surface area contributed by atoms with Crippen molar-refractivity contribution >= 4 is 12.1 Å². The highest BCUT2D eigenvalue weighted by atomic mass is 16.5. The Hall–Kier alpha value is -2.49. The Morgan fingerprint density at radius 2 is 2.05 bits per heavy atom. The third-order valence-corrected chi connectivity index (χ3v) is 3.08. The lowest BCUT2D eigenvalue weighted by Gasteiger charge is -2.21. The number of likely N-dealkylation sites (N-methyl/N-ethyl adjacent to an activating group) is 1. The van der Waals surface area contributed by atoms with Crippen LogP contribution in [0.25, 0.3) is 5.69 Å². The van der Waals surface area contributed by atoms with Crippen molar-refractivity contribution in [3.8, 4) is 11.6 Å². The van der Waals surface area contributed by atoms with Crippen molar-refractivity contribution in [1.29, 1.82) is 0 Å². The Labute approximate surface area is 118 Å². The summed E-state index contributed by atoms with van der Waals surface area (Å²) in [5.41, 5.74) is 1.54. The number of carbonyl (C=O) groups is 1. The quantitative estimate of drug-likeness (QED) is 0.598. The molecule has 1 aromatic carbocycles. The van der Waals surface area contributed by atoms with Gasteiger partial charge >= 0.3 is 0 Å². The molecule has 1 aromatic heterocycles. The lowest BCUT2D eigenvalue weighted by Crippen LogP contribution is -2.21. The molecule has 0 saturated heterocycles. The molecule has 4 heteroatoms. The zero-order valence-corrected chi connectivity index (χ0v) is 11.7. The van der Waals surface area contributed by atoms with Crippen molar-refractivity contribution in [2.75, 3.05) is 25.6 Å². The Morgan fingerprint density at radius 1 is 1.35 bits per heavy atom. The highest BCUT2D eigenvalue weighted by molar-refractivity contribution is 5.86. The van der Waals surface area contributed by atoms with Crippen molar-refractivity contribution < 1.29 is 9.53 Å². The number of para-hydroxylation sites is 1. The van der Waals surface area contributed by atoms with E-state index in [2.05, 4.69) is 6.58 Å². The van der Waals surface area contributed by atoms with E-state index >= 15 is 0 Å². The van der Waals surface area contributed by atoms with Gasteiger partial charge in [-0.2, -0.15) is 0 Å². The van der Waals surface area contributed by atoms with E-state index in [1.54, 1.807) is 19.3 Å². The first-order valence-electron chi connectivity index (χ1n) is 6.35. The van der Waals surface area contributed by atoms with Crippen LogP contribution in [0, 0.1) is 0 Å². The highest BCUT2D eigenvalue weighted by Crippen LogP contribution is 2.32. The second-order valence-electron chi connectivity index (χ2n) is 4.42. The molecular formula is C16H18N2O2. The SMILES string of the molecule is C=CCN(C)c1c(C=O)cc(OC)n1-c1ccccc1. The summed E-state index contributed by atoms with van der Waals surface area (Å²) >= 11 is 0. The molecule has 104 valence electrons. The zero-order chi connectivity index (χ0) is 14.5. The second kappa shape index (κ2) is 6.10. The molecule has 0 radical (unpaired) electrons. The molecule has 1 heterocycles. The fourth-order valence-corrected chi connectivity index (χ4v) is 2.23. The van der Waals surface area contributed by atoms with Crippen molar-refractivity contribution in [2.45, 2.75) is 0 Å². The second-order valence-corrected chi connectivity index (χ2v) is 4.42. The van der Waals surface area contributed by atoms with E-state index in [0.717, 1.165) is 17.8 Å². The third kappa shape index (κ3) is 2.45. The van der Waals surface area contributed by atoms with Crippen LogP contribution < -0.4 is 9.64 Å². The van der Waals surface area contributed by atoms with Gasteiger partial charge in [-0.25, -0.2) is 0 Å². The van der Waals surface area contributed by atoms with Crippen LogP contribution in [-0.4, -0.2) is 31.6 Å². The van der Waals surface area contributed by atoms with Crippen molar-refractivity contribution in [2.24, 2.45) is 0 Å². The lowest BCUT2D eigenvalue weighted by atomic mass is 10.3. The average molecular weight is 270 g/mol. The molecule has 0 aliphatic rings. The van der Waals surface area contributed by atoms with Crippen molar-refractivity contribution in [3.05, 3.63) is 54.6 Å². The van der Waals surface area contributed by atoms with Crippen LogP contribution in [0.15, 0.2) is 49.1 Å². The van der Waals surface area contributed by atoms with E-state index in [0.29, 0.717) is 18.0 Å². The third-order valence-electron chi connectivity index (χ3n) is 3.08. The van der Waals surface area contributed by atoms with Gasteiger partial charge in [-0.05, 0) is 12.1 Å². The molecule has 0 unspecified atom stereocenters. The minimum Gasteiger partial charge on any atom is -0.482 e. The Bertz CT molecular complexity index is 602. The van der Waals surface area contributed by atoms with Gasteiger partial charge in [-0.3, -0.25) is 9.36 Å². The molecule has 2 rings (SSSR count). The molecule has 0 amide bonds. The van der Waals surface area contributed by atoms with Gasteiger partial charge in [0.25, 0.3) is 0 Å². The maximum absolute atomic E-state index is 11.3. The topological polar surface area (TPSA) is 34.5 Å². The van der Waals surface area contributed by atoms with Crippen molar-refractivity contribution in [3.63, 3.8) is 0 Å². The number of ether oxygens (including phenoxy) is 1. The Morgan fingerprint density at radius 3 is 2.60 bits per heavy atom. The summed E-state index contributed by atoms with van der Waals surface area (Å²) < 4.78 is 7.33. The normalized spacial score (nSPS) is 10.1. The van der Waals surface area contributed by atoms with Crippen LogP contribution in [-0.2, 0) is 0 Å². The van der Waals surface area contributed by atoms with Crippen LogP contribution in [0.4, 0.5) is 5.82 Å². The molecule has 0 atom stereocenters. The maximum atomic E-state index is 11.3. The van der Waals surface area contributed by atoms with E-state index in [9.17, 15) is 4.79 Å². The minimum atomic E-state index is 0.593. The smallest absolute Gasteiger partial charge is 0.200 e. The summed E-state index contributed by atoms with van der Waals surface area (Å²) in [5.74, 6) is 1.42. The first-order chi connectivity index (χ1) is 9.72. The number of methoxy groups -OCH3 is 1. The van der Waals surface area contributed by atoms with E-state index in [1.165, 1.54) is 0 Å². The van der Waals surface area contributed by atoms with Crippen molar-refractivity contribution in [1.82, 2.24) is 4.57 Å². The van der Waals surface area contributed by atoms with Gasteiger partial charge in [0.05, 0.1) is 18.4 Å². The summed E-state index contributed by atoms with van der Waals surface area (Å²) in [5, 5.41) is 0. The molecule has 0 aliphatic carbocycles. The lowest BCUT2D eigenvalue weighted by molar-refractivity contribution is 0.112. The fourth-order valence-electron chi connectivity index (χ4n) is 2.23. The standard InChI is InChI=1S/C16H18N2O2/c1-4-10-17(2)16-13(12-19)11-15(20-3)18(16)14-8-6-5-7-9-14/h4-9,11-12H,1,10H2,2-3H3. The van der Waals surface area contributed by atoms with Crippen LogP contribution in [0.3, 0.4) is 0 Å². The predicted octanol–water partition coefficient (Wildman–Crippen LogP) is 2.92. The first-order valence-corrected chi connectivity index (χ1v) is 6.35. The zero-order valence-electron chi connectivity index (χ0n) is 11.7. The predicted molar refractivity (Wildman–Crippen MR) is 81.2 cm³/mol. The molecule has 2 aromatic rings. The number of aromatic nitrogens is 1. The van der Waals surface area contributed by atoms with Gasteiger partial charge < -0.3 is 9.64 Å². The molecule has 20 heavy (non-hydrogen) atoms. The number of nitrogens with zero attached hydrogens (tertiary/aromatic N) is 2. The van der Waals surface area contributed by atoms with E-state index in [1.807, 2.05) is 46.8 Å². The van der Waals surface area contributed by atoms with Gasteiger partial charge in [0.2, 0.25) is 0 Å². The van der Waals surface area contributed by atoms with Crippen LogP contribution in [0.5, 0.6) is 5.88 Å². The summed E-state index contributed by atoms with van der Waals surface area (Å²) in [4.78, 5) is 13.3. The summed E-state index contributed by atoms with van der Waals surface area (Å²) in [7, 11) is 3.52. The summed E-state index contributed by atoms with van der Waals surface area (Å²) in [6.45, 7) is 4.38. The maximum Gasteiger partial charge on any atom is 0.200 e. The fraction of sp³-hybridized carbons (Fsp3) is 0.188. The molecule has 0 aliphatic heterocycles. The molecular weight excluding hydrogens is 252 g/mol. The first kappa shape index (κ1) is 13.9. The number of hydrogen-bond donors (Lipinski definition) is 0. The Kier molecular flexibility index (Phi) is 4.25. The largest absolute Gasteiger partial charge is 0.482 e.